The molecule has 0 aromatic heterocycles. The zero-order chi connectivity index (χ0) is 16.1. The van der Waals surface area contributed by atoms with Crippen LogP contribution in [0.1, 0.15) is 43.7 Å². The number of nitrogens with two attached hydrogens (primary N) is 1. The van der Waals surface area contributed by atoms with Crippen LogP contribution in [0.3, 0.4) is 0 Å². The van der Waals surface area contributed by atoms with E-state index in [4.69, 9.17) is 20.2 Å². The summed E-state index contributed by atoms with van der Waals surface area (Å²) in [6.45, 7) is 1.60. The number of para-hydroxylation sites is 1. The van der Waals surface area contributed by atoms with Crippen molar-refractivity contribution < 1.29 is 9.47 Å². The Morgan fingerprint density at radius 3 is 2.84 bits per heavy atom. The Kier molecular flexibility index (Phi) is 4.60. The maximum atomic E-state index is 6.31. The highest BCUT2D eigenvalue weighted by molar-refractivity contribution is 14.0. The largest absolute Gasteiger partial charge is 0.493 e. The highest BCUT2D eigenvalue weighted by Gasteiger charge is 2.66. The number of ether oxygens (including phenoxy) is 2. The van der Waals surface area contributed by atoms with E-state index in [-0.39, 0.29) is 30.0 Å². The number of halogens is 1. The highest BCUT2D eigenvalue weighted by atomic mass is 127. The van der Waals surface area contributed by atoms with Crippen molar-refractivity contribution in [2.75, 3.05) is 13.2 Å². The summed E-state index contributed by atoms with van der Waals surface area (Å²) in [5.74, 6) is 2.13. The number of nitrogens with zero attached hydrogens (tertiary/aromatic N) is 1. The van der Waals surface area contributed by atoms with Crippen molar-refractivity contribution in [1.29, 1.82) is 0 Å². The second kappa shape index (κ2) is 6.61. The molecule has 0 amide bonds. The van der Waals surface area contributed by atoms with E-state index < -0.39 is 0 Å². The SMILES string of the molecule is I.NC(=NC1CCOc2ccccc21)NC1C2CCOC2C12CCC2. The maximum absolute atomic E-state index is 6.31. The second-order valence-corrected chi connectivity index (χ2v) is 7.66. The van der Waals surface area contributed by atoms with Crippen LogP contribution in [0.4, 0.5) is 0 Å². The van der Waals surface area contributed by atoms with Crippen molar-refractivity contribution >= 4 is 29.9 Å². The summed E-state index contributed by atoms with van der Waals surface area (Å²) in [5, 5.41) is 3.57. The quantitative estimate of drug-likeness (QED) is 0.409. The van der Waals surface area contributed by atoms with Gasteiger partial charge in [0.05, 0.1) is 18.8 Å². The minimum Gasteiger partial charge on any atom is -0.493 e. The molecule has 3 N–H and O–H groups in total. The molecular weight excluding hydrogens is 429 g/mol. The van der Waals surface area contributed by atoms with Crippen molar-refractivity contribution in [3.8, 4) is 5.75 Å². The fourth-order valence-electron chi connectivity index (χ4n) is 5.28. The molecule has 4 aliphatic rings. The van der Waals surface area contributed by atoms with Gasteiger partial charge in [-0.25, -0.2) is 4.99 Å². The van der Waals surface area contributed by atoms with Crippen LogP contribution in [0, 0.1) is 11.3 Å². The number of guanidine groups is 1. The fourth-order valence-corrected chi connectivity index (χ4v) is 5.28. The van der Waals surface area contributed by atoms with Crippen LogP contribution in [0.15, 0.2) is 29.3 Å². The molecule has 6 heteroatoms. The summed E-state index contributed by atoms with van der Waals surface area (Å²) in [6.07, 6.45) is 6.33. The Hall–Kier alpha value is -1.02. The fraction of sp³-hybridized carbons (Fsp3) is 0.632. The van der Waals surface area contributed by atoms with Gasteiger partial charge in [0.1, 0.15) is 5.75 Å². The van der Waals surface area contributed by atoms with Gasteiger partial charge in [-0.3, -0.25) is 0 Å². The van der Waals surface area contributed by atoms with Crippen molar-refractivity contribution in [3.05, 3.63) is 29.8 Å². The summed E-state index contributed by atoms with van der Waals surface area (Å²) in [5.41, 5.74) is 7.78. The van der Waals surface area contributed by atoms with Crippen molar-refractivity contribution in [2.24, 2.45) is 22.1 Å². The smallest absolute Gasteiger partial charge is 0.189 e. The highest BCUT2D eigenvalue weighted by Crippen LogP contribution is 2.62. The molecular formula is C19H26IN3O2. The van der Waals surface area contributed by atoms with E-state index in [2.05, 4.69) is 11.4 Å². The molecule has 25 heavy (non-hydrogen) atoms. The number of hydrogen-bond donors (Lipinski definition) is 2. The first kappa shape index (κ1) is 17.4. The van der Waals surface area contributed by atoms with Gasteiger partial charge in [0.25, 0.3) is 0 Å². The Morgan fingerprint density at radius 2 is 2.04 bits per heavy atom. The molecule has 1 spiro atoms. The molecule has 5 rings (SSSR count). The van der Waals surface area contributed by atoms with Crippen LogP contribution in [0.2, 0.25) is 0 Å². The normalized spacial score (nSPS) is 34.6. The van der Waals surface area contributed by atoms with Crippen LogP contribution in [0.5, 0.6) is 5.75 Å². The Labute approximate surface area is 165 Å². The molecule has 2 heterocycles. The zero-order valence-electron chi connectivity index (χ0n) is 14.3. The molecule has 2 aliphatic heterocycles. The van der Waals surface area contributed by atoms with Crippen molar-refractivity contribution in [3.63, 3.8) is 0 Å². The van der Waals surface area contributed by atoms with Gasteiger partial charge in [-0.05, 0) is 25.3 Å². The summed E-state index contributed by atoms with van der Waals surface area (Å²) >= 11 is 0. The van der Waals surface area contributed by atoms with Gasteiger partial charge in [-0.15, -0.1) is 24.0 Å². The lowest BCUT2D eigenvalue weighted by Gasteiger charge is -2.63. The maximum Gasteiger partial charge on any atom is 0.189 e. The van der Waals surface area contributed by atoms with E-state index in [1.165, 1.54) is 19.3 Å². The molecule has 4 unspecified atom stereocenters. The molecule has 1 aromatic carbocycles. The lowest BCUT2D eigenvalue weighted by molar-refractivity contribution is -0.171. The Bertz CT molecular complexity index is 676. The predicted octanol–water partition coefficient (Wildman–Crippen LogP) is 2.99. The van der Waals surface area contributed by atoms with E-state index in [1.807, 2.05) is 18.2 Å². The van der Waals surface area contributed by atoms with E-state index in [0.717, 1.165) is 30.8 Å². The van der Waals surface area contributed by atoms with Crippen LogP contribution >= 0.6 is 24.0 Å². The molecule has 136 valence electrons. The lowest BCUT2D eigenvalue weighted by Crippen LogP contribution is -2.72. The monoisotopic (exact) mass is 455 g/mol. The average Bonchev–Trinajstić information content (AvgIpc) is 2.97. The molecule has 3 fully saturated rings. The van der Waals surface area contributed by atoms with Gasteiger partial charge in [0.2, 0.25) is 0 Å². The van der Waals surface area contributed by atoms with Gasteiger partial charge in [-0.1, -0.05) is 24.6 Å². The molecule has 0 radical (unpaired) electrons. The second-order valence-electron chi connectivity index (χ2n) is 7.66. The molecule has 1 aromatic rings. The predicted molar refractivity (Wildman–Crippen MR) is 107 cm³/mol. The van der Waals surface area contributed by atoms with Gasteiger partial charge in [0.15, 0.2) is 5.96 Å². The van der Waals surface area contributed by atoms with E-state index in [1.54, 1.807) is 0 Å². The summed E-state index contributed by atoms with van der Waals surface area (Å²) in [6, 6.07) is 8.67. The summed E-state index contributed by atoms with van der Waals surface area (Å²) < 4.78 is 11.7. The molecule has 4 atom stereocenters. The summed E-state index contributed by atoms with van der Waals surface area (Å²) in [4.78, 5) is 4.80. The standard InChI is InChI=1S/C19H25N3O2.HI/c20-18(21-14-7-11-23-15-5-2-1-4-12(14)15)22-16-13-6-10-24-17(13)19(16)8-3-9-19;/h1-2,4-5,13-14,16-17H,3,6-11H2,(H3,20,21,22);1H. The number of benzene rings is 1. The number of nitrogens with one attached hydrogen (secondary N) is 1. The van der Waals surface area contributed by atoms with Gasteiger partial charge in [0, 0.05) is 36.0 Å². The van der Waals surface area contributed by atoms with Gasteiger partial charge in [-0.2, -0.15) is 0 Å². The molecule has 2 saturated carbocycles. The number of fused-ring (bicyclic) bond motifs is 3. The first-order valence-electron chi connectivity index (χ1n) is 9.21. The van der Waals surface area contributed by atoms with E-state index >= 15 is 0 Å². The number of hydrogen-bond acceptors (Lipinski definition) is 3. The van der Waals surface area contributed by atoms with Gasteiger partial charge < -0.3 is 20.5 Å². The zero-order valence-corrected chi connectivity index (χ0v) is 16.6. The number of rotatable bonds is 2. The Balaban J connectivity index is 0.00000157. The van der Waals surface area contributed by atoms with Crippen molar-refractivity contribution in [2.45, 2.75) is 50.3 Å². The average molecular weight is 455 g/mol. The van der Waals surface area contributed by atoms with Crippen LogP contribution in [-0.2, 0) is 4.74 Å². The Morgan fingerprint density at radius 1 is 1.20 bits per heavy atom. The third-order valence-corrected chi connectivity index (χ3v) is 6.56. The van der Waals surface area contributed by atoms with Crippen LogP contribution in [0.25, 0.3) is 0 Å². The first-order valence-corrected chi connectivity index (χ1v) is 9.21. The lowest BCUT2D eigenvalue weighted by atomic mass is 9.46. The summed E-state index contributed by atoms with van der Waals surface area (Å²) in [7, 11) is 0. The molecule has 5 nitrogen and oxygen atoms in total. The third kappa shape index (κ3) is 2.63. The van der Waals surface area contributed by atoms with E-state index in [0.29, 0.717) is 36.0 Å². The van der Waals surface area contributed by atoms with E-state index in [9.17, 15) is 0 Å². The topological polar surface area (TPSA) is 68.9 Å². The molecule has 2 aliphatic carbocycles. The molecule has 1 saturated heterocycles. The van der Waals surface area contributed by atoms with Gasteiger partial charge >= 0.3 is 0 Å². The number of aliphatic imine (C=N–C) groups is 1. The first-order chi connectivity index (χ1) is 11.8. The van der Waals surface area contributed by atoms with Crippen molar-refractivity contribution in [1.82, 2.24) is 5.32 Å². The molecule has 0 bridgehead atoms. The van der Waals surface area contributed by atoms with Crippen LogP contribution in [-0.4, -0.2) is 31.3 Å². The van der Waals surface area contributed by atoms with Crippen LogP contribution < -0.4 is 15.8 Å². The third-order valence-electron chi connectivity index (χ3n) is 6.56. The minimum absolute atomic E-state index is 0. The minimum atomic E-state index is 0.